The molecule has 0 spiro atoms. The van der Waals surface area contributed by atoms with Crippen LogP contribution in [-0.4, -0.2) is 63.9 Å². The van der Waals surface area contributed by atoms with E-state index < -0.39 is 48.6 Å². The summed E-state index contributed by atoms with van der Waals surface area (Å²) in [7, 11) is 0. The second kappa shape index (κ2) is 9.73. The lowest BCUT2D eigenvalue weighted by molar-refractivity contribution is -0.255. The molecule has 0 fully saturated rings. The molecular weight excluding hydrogens is 420 g/mol. The Morgan fingerprint density at radius 2 is 1.44 bits per heavy atom. The van der Waals surface area contributed by atoms with E-state index in [9.17, 15) is 29.7 Å². The zero-order valence-electron chi connectivity index (χ0n) is 17.1. The topological polar surface area (TPSA) is 140 Å². The normalized spacial score (nSPS) is 24.8. The summed E-state index contributed by atoms with van der Waals surface area (Å²) >= 11 is 0. The van der Waals surface area contributed by atoms with Crippen LogP contribution in [0.15, 0.2) is 72.3 Å². The smallest absolute Gasteiger partial charge is 0.338 e. The second-order valence-corrected chi connectivity index (χ2v) is 7.10. The molecule has 1 aliphatic rings. The Bertz CT molecular complexity index is 1000. The molecule has 0 amide bonds. The first-order chi connectivity index (χ1) is 15.2. The molecule has 9 nitrogen and oxygen atoms in total. The van der Waals surface area contributed by atoms with E-state index in [2.05, 4.69) is 0 Å². The van der Waals surface area contributed by atoms with Crippen molar-refractivity contribution < 1.29 is 43.9 Å². The first-order valence-electron chi connectivity index (χ1n) is 9.70. The minimum Gasteiger partial charge on any atom is -0.457 e. The Balaban J connectivity index is 1.87. The van der Waals surface area contributed by atoms with Gasteiger partial charge in [0.05, 0.1) is 11.1 Å². The standard InChI is InChI=1S/C23H22O9/c1-14(24)32-23(29)17(13-30-21(27)15-8-4-2-5-9-15)12-18(25)19(26)20(23)31-22(28)16-10-6-3-7-11-16/h2-12,18-20,25-26,29H,13H2,1H3/t18-,19-,20+,23-/m0/s1. The summed E-state index contributed by atoms with van der Waals surface area (Å²) in [5.74, 6) is -5.33. The van der Waals surface area contributed by atoms with Gasteiger partial charge < -0.3 is 29.5 Å². The summed E-state index contributed by atoms with van der Waals surface area (Å²) in [6.07, 6.45) is -4.35. The van der Waals surface area contributed by atoms with E-state index in [1.165, 1.54) is 24.3 Å². The van der Waals surface area contributed by atoms with Crippen molar-refractivity contribution in [3.8, 4) is 0 Å². The summed E-state index contributed by atoms with van der Waals surface area (Å²) in [4.78, 5) is 36.5. The van der Waals surface area contributed by atoms with Gasteiger partial charge in [0.25, 0.3) is 5.79 Å². The van der Waals surface area contributed by atoms with Crippen molar-refractivity contribution in [3.63, 3.8) is 0 Å². The maximum Gasteiger partial charge on any atom is 0.338 e. The van der Waals surface area contributed by atoms with E-state index in [0.717, 1.165) is 13.0 Å². The van der Waals surface area contributed by atoms with Gasteiger partial charge in [-0.1, -0.05) is 36.4 Å². The summed E-state index contributed by atoms with van der Waals surface area (Å²) in [5, 5.41) is 31.8. The Hall–Kier alpha value is -3.53. The van der Waals surface area contributed by atoms with Crippen molar-refractivity contribution in [2.75, 3.05) is 6.61 Å². The van der Waals surface area contributed by atoms with Crippen LogP contribution in [0.4, 0.5) is 0 Å². The number of hydrogen-bond donors (Lipinski definition) is 3. The fraction of sp³-hybridized carbons (Fsp3) is 0.261. The minimum absolute atomic E-state index is 0.103. The van der Waals surface area contributed by atoms with E-state index >= 15 is 0 Å². The zero-order chi connectivity index (χ0) is 23.3. The maximum atomic E-state index is 12.5. The van der Waals surface area contributed by atoms with Crippen LogP contribution < -0.4 is 0 Å². The first-order valence-corrected chi connectivity index (χ1v) is 9.70. The maximum absolute atomic E-state index is 12.5. The van der Waals surface area contributed by atoms with E-state index in [1.807, 2.05) is 0 Å². The van der Waals surface area contributed by atoms with Crippen molar-refractivity contribution in [2.24, 2.45) is 0 Å². The van der Waals surface area contributed by atoms with Gasteiger partial charge in [0.2, 0.25) is 0 Å². The van der Waals surface area contributed by atoms with Crippen LogP contribution in [0.3, 0.4) is 0 Å². The van der Waals surface area contributed by atoms with Crippen molar-refractivity contribution in [1.29, 1.82) is 0 Å². The van der Waals surface area contributed by atoms with Gasteiger partial charge in [0.1, 0.15) is 18.8 Å². The molecule has 2 aromatic rings. The molecule has 4 atom stereocenters. The number of esters is 3. The lowest BCUT2D eigenvalue weighted by Crippen LogP contribution is -2.61. The number of rotatable bonds is 6. The summed E-state index contributed by atoms with van der Waals surface area (Å²) < 4.78 is 15.4. The highest BCUT2D eigenvalue weighted by atomic mass is 16.7. The third-order valence-corrected chi connectivity index (χ3v) is 4.79. The van der Waals surface area contributed by atoms with Crippen LogP contribution in [-0.2, 0) is 19.0 Å². The van der Waals surface area contributed by atoms with Gasteiger partial charge in [-0.15, -0.1) is 0 Å². The third kappa shape index (κ3) is 5.02. The Morgan fingerprint density at radius 1 is 0.906 bits per heavy atom. The van der Waals surface area contributed by atoms with Gasteiger partial charge in [-0.25, -0.2) is 9.59 Å². The highest BCUT2D eigenvalue weighted by Gasteiger charge is 2.55. The number of aliphatic hydroxyl groups is 3. The van der Waals surface area contributed by atoms with E-state index in [4.69, 9.17) is 14.2 Å². The Kier molecular flexibility index (Phi) is 7.04. The molecule has 0 aromatic heterocycles. The van der Waals surface area contributed by atoms with Gasteiger partial charge in [-0.3, -0.25) is 4.79 Å². The van der Waals surface area contributed by atoms with Crippen molar-refractivity contribution in [3.05, 3.63) is 83.4 Å². The fourth-order valence-corrected chi connectivity index (χ4v) is 3.22. The molecule has 1 aliphatic carbocycles. The SMILES string of the molecule is CC(=O)O[C@@]1(O)C(COC(=O)c2ccccc2)=C[C@H](O)[C@H](O)[C@H]1OC(=O)c1ccccc1. The largest absolute Gasteiger partial charge is 0.457 e. The van der Waals surface area contributed by atoms with E-state index in [-0.39, 0.29) is 16.7 Å². The number of ether oxygens (including phenoxy) is 3. The lowest BCUT2D eigenvalue weighted by Gasteiger charge is -2.42. The van der Waals surface area contributed by atoms with Crippen LogP contribution in [0.2, 0.25) is 0 Å². The number of hydrogen-bond acceptors (Lipinski definition) is 9. The highest BCUT2D eigenvalue weighted by molar-refractivity contribution is 5.90. The average molecular weight is 442 g/mol. The second-order valence-electron chi connectivity index (χ2n) is 7.10. The molecule has 0 heterocycles. The van der Waals surface area contributed by atoms with Crippen LogP contribution >= 0.6 is 0 Å². The first kappa shape index (κ1) is 23.1. The zero-order valence-corrected chi connectivity index (χ0v) is 17.1. The predicted octanol–water partition coefficient (Wildman–Crippen LogP) is 0.982. The molecule has 3 N–H and O–H groups in total. The quantitative estimate of drug-likeness (QED) is 0.258. The number of aliphatic hydroxyl groups excluding tert-OH is 2. The highest BCUT2D eigenvalue weighted by Crippen LogP contribution is 2.35. The number of carbonyl (C=O) groups excluding carboxylic acids is 3. The Morgan fingerprint density at radius 3 is 1.97 bits per heavy atom. The molecular formula is C23H22O9. The molecule has 3 rings (SSSR count). The van der Waals surface area contributed by atoms with Crippen molar-refractivity contribution in [1.82, 2.24) is 0 Å². The molecule has 9 heteroatoms. The predicted molar refractivity (Wildman–Crippen MR) is 109 cm³/mol. The summed E-state index contributed by atoms with van der Waals surface area (Å²) in [6.45, 7) is 0.389. The molecule has 168 valence electrons. The molecule has 0 unspecified atom stereocenters. The van der Waals surface area contributed by atoms with Crippen molar-refractivity contribution in [2.45, 2.75) is 31.0 Å². The average Bonchev–Trinajstić information content (AvgIpc) is 2.78. The van der Waals surface area contributed by atoms with E-state index in [1.54, 1.807) is 36.4 Å². The summed E-state index contributed by atoms with van der Waals surface area (Å²) in [6, 6.07) is 15.7. The minimum atomic E-state index is -2.69. The van der Waals surface area contributed by atoms with Gasteiger partial charge in [0.15, 0.2) is 6.10 Å². The van der Waals surface area contributed by atoms with Crippen molar-refractivity contribution >= 4 is 17.9 Å². The molecule has 0 aliphatic heterocycles. The molecule has 0 saturated carbocycles. The molecule has 2 aromatic carbocycles. The molecule has 0 saturated heterocycles. The molecule has 32 heavy (non-hydrogen) atoms. The van der Waals surface area contributed by atoms with Crippen LogP contribution in [0.1, 0.15) is 27.6 Å². The van der Waals surface area contributed by atoms with E-state index in [0.29, 0.717) is 0 Å². The Labute approximate surface area is 183 Å². The summed E-state index contributed by atoms with van der Waals surface area (Å²) in [5.41, 5.74) is 0.0548. The monoisotopic (exact) mass is 442 g/mol. The lowest BCUT2D eigenvalue weighted by atomic mass is 9.86. The fourth-order valence-electron chi connectivity index (χ4n) is 3.22. The van der Waals surface area contributed by atoms with Gasteiger partial charge in [-0.05, 0) is 30.3 Å². The van der Waals surface area contributed by atoms with Crippen LogP contribution in [0.25, 0.3) is 0 Å². The van der Waals surface area contributed by atoms with Gasteiger partial charge >= 0.3 is 17.9 Å². The van der Waals surface area contributed by atoms with Gasteiger partial charge in [0, 0.05) is 12.5 Å². The third-order valence-electron chi connectivity index (χ3n) is 4.79. The number of benzene rings is 2. The number of carbonyl (C=O) groups is 3. The molecule has 0 bridgehead atoms. The molecule has 0 radical (unpaired) electrons. The van der Waals surface area contributed by atoms with Crippen LogP contribution in [0, 0.1) is 0 Å². The van der Waals surface area contributed by atoms with Gasteiger partial charge in [-0.2, -0.15) is 0 Å². The van der Waals surface area contributed by atoms with Crippen LogP contribution in [0.5, 0.6) is 0 Å².